The van der Waals surface area contributed by atoms with E-state index in [2.05, 4.69) is 20.8 Å². The van der Waals surface area contributed by atoms with E-state index in [0.717, 1.165) is 6.61 Å². The third-order valence-corrected chi connectivity index (χ3v) is 8.56. The fraction of sp³-hybridized carbons (Fsp3) is 0.600. The van der Waals surface area contributed by atoms with Gasteiger partial charge in [-0.3, -0.25) is 0 Å². The van der Waals surface area contributed by atoms with Crippen LogP contribution in [-0.2, 0) is 28.4 Å². The van der Waals surface area contributed by atoms with E-state index in [1.54, 1.807) is 55.5 Å². The Bertz CT molecular complexity index is 1240. The number of carbonyl (C=O) groups excluding carboxylic acids is 2. The molecule has 2 aromatic rings. The molecule has 7 atom stereocenters. The smallest absolute Gasteiger partial charge is 0.338 e. The zero-order chi connectivity index (χ0) is 36.3. The Morgan fingerprint density at radius 1 is 0.653 bits per heavy atom. The van der Waals surface area contributed by atoms with Crippen LogP contribution in [0.4, 0.5) is 0 Å². The summed E-state index contributed by atoms with van der Waals surface area (Å²) in [5.41, 5.74) is 0.910. The molecule has 0 amide bonds. The highest BCUT2D eigenvalue weighted by molar-refractivity contribution is 5.90. The Hall–Kier alpha value is -3.02. The van der Waals surface area contributed by atoms with E-state index in [4.69, 9.17) is 59.1 Å². The van der Waals surface area contributed by atoms with Crippen molar-refractivity contribution in [3.05, 3.63) is 71.8 Å². The van der Waals surface area contributed by atoms with Crippen molar-refractivity contribution < 1.29 is 68.6 Å². The summed E-state index contributed by atoms with van der Waals surface area (Å²) in [6.45, 7) is 12.6. The normalized spacial score (nSPS) is 37.6. The number of aliphatic hydroxyl groups is 6. The summed E-state index contributed by atoms with van der Waals surface area (Å²) < 4.78 is 34.7. The number of rotatable bonds is 5. The second-order valence-corrected chi connectivity index (χ2v) is 13.4. The molecule has 5 aliphatic rings. The molecule has 0 spiro atoms. The molecule has 2 aliphatic carbocycles. The lowest BCUT2D eigenvalue weighted by Gasteiger charge is -2.61. The number of ether oxygens (including phenoxy) is 6. The maximum absolute atomic E-state index is 12.7. The highest BCUT2D eigenvalue weighted by Crippen LogP contribution is 2.49. The molecular weight excluding hydrogens is 644 g/mol. The highest BCUT2D eigenvalue weighted by Gasteiger charge is 2.67. The van der Waals surface area contributed by atoms with Crippen LogP contribution in [0.25, 0.3) is 0 Å². The molecule has 2 aromatic carbocycles. The topological polar surface area (TPSA) is 211 Å². The van der Waals surface area contributed by atoms with Crippen LogP contribution in [0.2, 0.25) is 0 Å². The molecule has 0 aromatic heterocycles. The van der Waals surface area contributed by atoms with Gasteiger partial charge in [-0.25, -0.2) is 9.59 Å². The molecule has 272 valence electrons. The van der Waals surface area contributed by atoms with Crippen LogP contribution in [0.5, 0.6) is 0 Å². The summed E-state index contributed by atoms with van der Waals surface area (Å²) in [5.74, 6) is -2.38. The maximum atomic E-state index is 12.7. The second kappa shape index (κ2) is 15.9. The predicted molar refractivity (Wildman–Crippen MR) is 171 cm³/mol. The van der Waals surface area contributed by atoms with Crippen LogP contribution in [-0.4, -0.2) is 128 Å². The average molecular weight is 693 g/mol. The van der Waals surface area contributed by atoms with Gasteiger partial charge in [0.05, 0.1) is 16.7 Å². The van der Waals surface area contributed by atoms with Crippen LogP contribution in [0.1, 0.15) is 62.3 Å². The Morgan fingerprint density at radius 2 is 0.980 bits per heavy atom. The van der Waals surface area contributed by atoms with Crippen molar-refractivity contribution in [2.45, 2.75) is 120 Å². The molecule has 14 nitrogen and oxygen atoms in total. The van der Waals surface area contributed by atoms with E-state index in [-0.39, 0.29) is 11.5 Å². The molecule has 7 rings (SSSR count). The summed E-state index contributed by atoms with van der Waals surface area (Å²) in [4.78, 5) is 25.4. The van der Waals surface area contributed by atoms with Gasteiger partial charge in [-0.1, -0.05) is 43.3 Å². The van der Waals surface area contributed by atoms with E-state index < -0.39 is 85.1 Å². The minimum Gasteiger partial charge on any atom is -0.453 e. The number of hydrogen-bond acceptors (Lipinski definition) is 14. The van der Waals surface area contributed by atoms with Gasteiger partial charge in [-0.2, -0.15) is 0 Å². The lowest BCUT2D eigenvalue weighted by Crippen LogP contribution is -2.77. The summed E-state index contributed by atoms with van der Waals surface area (Å²) in [6.07, 6.45) is -12.8. The van der Waals surface area contributed by atoms with Gasteiger partial charge in [-0.15, -0.1) is 0 Å². The summed E-state index contributed by atoms with van der Waals surface area (Å²) in [7, 11) is 0. The highest BCUT2D eigenvalue weighted by atomic mass is 16.9. The van der Waals surface area contributed by atoms with Gasteiger partial charge in [0.2, 0.25) is 0 Å². The lowest BCUT2D eigenvalue weighted by atomic mass is 9.76. The first kappa shape index (κ1) is 38.8. The Balaban J connectivity index is 0.000000235. The minimum atomic E-state index is -1.64. The molecule has 3 aliphatic heterocycles. The number of esters is 2. The Labute approximate surface area is 285 Å². The largest absolute Gasteiger partial charge is 0.453 e. The maximum Gasteiger partial charge on any atom is 0.338 e. The lowest BCUT2D eigenvalue weighted by molar-refractivity contribution is -0.526. The van der Waals surface area contributed by atoms with Crippen LogP contribution < -0.4 is 0 Å². The van der Waals surface area contributed by atoms with Gasteiger partial charge in [0.15, 0.2) is 12.2 Å². The van der Waals surface area contributed by atoms with E-state index >= 15 is 0 Å². The van der Waals surface area contributed by atoms with Crippen LogP contribution in [0, 0.1) is 5.92 Å². The first-order chi connectivity index (χ1) is 23.0. The second-order valence-electron chi connectivity index (χ2n) is 13.4. The quantitative estimate of drug-likeness (QED) is 0.241. The van der Waals surface area contributed by atoms with Crippen LogP contribution in [0.3, 0.4) is 0 Å². The number of benzene rings is 2. The third-order valence-electron chi connectivity index (χ3n) is 8.56. The molecule has 49 heavy (non-hydrogen) atoms. The molecule has 3 heterocycles. The summed E-state index contributed by atoms with van der Waals surface area (Å²) in [6, 6.07) is 17.4. The molecule has 6 N–H and O–H groups in total. The molecule has 4 bridgehead atoms. The van der Waals surface area contributed by atoms with Gasteiger partial charge in [0, 0.05) is 19.4 Å². The van der Waals surface area contributed by atoms with Gasteiger partial charge in [-0.05, 0) is 52.0 Å². The van der Waals surface area contributed by atoms with E-state index in [1.165, 1.54) is 0 Å². The van der Waals surface area contributed by atoms with Crippen molar-refractivity contribution in [2.24, 2.45) is 5.92 Å². The zero-order valence-electron chi connectivity index (χ0n) is 28.4. The fourth-order valence-electron chi connectivity index (χ4n) is 6.10. The number of carbonyl (C=O) groups is 2. The van der Waals surface area contributed by atoms with Crippen molar-refractivity contribution >= 4 is 11.9 Å². The van der Waals surface area contributed by atoms with Gasteiger partial charge in [0.1, 0.15) is 54.9 Å². The van der Waals surface area contributed by atoms with Crippen molar-refractivity contribution in [2.75, 3.05) is 6.61 Å². The van der Waals surface area contributed by atoms with Crippen molar-refractivity contribution in [3.8, 4) is 0 Å². The van der Waals surface area contributed by atoms with Gasteiger partial charge in [0.25, 0.3) is 5.97 Å². The molecular formula is C35H48O14. The van der Waals surface area contributed by atoms with Crippen molar-refractivity contribution in [3.63, 3.8) is 0 Å². The van der Waals surface area contributed by atoms with E-state index in [1.807, 2.05) is 26.0 Å². The van der Waals surface area contributed by atoms with Crippen LogP contribution in [0.15, 0.2) is 60.7 Å². The molecule has 6 unspecified atom stereocenters. The molecule has 0 radical (unpaired) electrons. The monoisotopic (exact) mass is 692 g/mol. The number of aliphatic hydroxyl groups excluding tert-OH is 6. The fourth-order valence-corrected chi connectivity index (χ4v) is 6.10. The van der Waals surface area contributed by atoms with Crippen molar-refractivity contribution in [1.82, 2.24) is 0 Å². The Kier molecular flexibility index (Phi) is 12.6. The van der Waals surface area contributed by atoms with E-state index in [0.29, 0.717) is 11.1 Å². The standard InChI is InChI=1S/C23H22O7.C6H12O6.C6H14O/c1-13-16-18(26-21(24)14-9-5-3-6-10-14)20-19(17(13)29-23(2,28-16)30-20)27-22(25)15-11-7-4-8-12-15;7-1-2(8)4(10)6(12)5(11)3(1)9;1-5-7-6(2,3)4/h3-13,16-20H,1-2H3;1-12H;5H2,1-4H3/t13?,16-,17?,18?,19?,20?,23?;;/m1../s1. The first-order valence-corrected chi connectivity index (χ1v) is 16.3. The van der Waals surface area contributed by atoms with Gasteiger partial charge < -0.3 is 59.1 Å². The summed E-state index contributed by atoms with van der Waals surface area (Å²) in [5, 5.41) is 53.8. The third kappa shape index (κ3) is 9.02. The van der Waals surface area contributed by atoms with Crippen LogP contribution >= 0.6 is 0 Å². The molecule has 5 fully saturated rings. The average Bonchev–Trinajstić information content (AvgIpc) is 3.07. The SMILES string of the molecule is CC1C2OC3(C)OC(C2OC(=O)c2ccccc2)C(OC(=O)c2ccccc2)[C@@H]1O3.CCOC(C)(C)C.OC1C(O)C(O)C(O)C(O)C1O. The molecule has 3 saturated heterocycles. The molecule has 2 saturated carbocycles. The summed E-state index contributed by atoms with van der Waals surface area (Å²) >= 11 is 0. The van der Waals surface area contributed by atoms with Gasteiger partial charge >= 0.3 is 11.9 Å². The van der Waals surface area contributed by atoms with E-state index in [9.17, 15) is 9.59 Å². The molecule has 14 heteroatoms. The first-order valence-electron chi connectivity index (χ1n) is 16.3. The minimum absolute atomic E-state index is 0.0503. The zero-order valence-corrected chi connectivity index (χ0v) is 28.4. The predicted octanol–water partition coefficient (Wildman–Crippen LogP) is 0.931. The Morgan fingerprint density at radius 3 is 1.27 bits per heavy atom. The van der Waals surface area contributed by atoms with Crippen molar-refractivity contribution in [1.29, 1.82) is 0 Å². The number of hydrogen-bond donors (Lipinski definition) is 6.